The fourth-order valence-corrected chi connectivity index (χ4v) is 1.48. The Balaban J connectivity index is 2.49. The second-order valence-electron chi connectivity index (χ2n) is 4.40. The lowest BCUT2D eigenvalue weighted by atomic mass is 10.2. The van der Waals surface area contributed by atoms with Crippen LogP contribution in [0.25, 0.3) is 0 Å². The molecule has 0 aliphatic heterocycles. The van der Waals surface area contributed by atoms with Crippen molar-refractivity contribution in [2.45, 2.75) is 39.8 Å². The molecule has 1 aromatic rings. The largest absolute Gasteiger partial charge is 0.489 e. The van der Waals surface area contributed by atoms with Crippen molar-refractivity contribution in [3.05, 3.63) is 28.8 Å². The summed E-state index contributed by atoms with van der Waals surface area (Å²) in [5.41, 5.74) is 1.04. The second-order valence-corrected chi connectivity index (χ2v) is 4.81. The van der Waals surface area contributed by atoms with Crippen LogP contribution in [0.15, 0.2) is 18.2 Å². The lowest BCUT2D eigenvalue weighted by Gasteiger charge is -2.17. The van der Waals surface area contributed by atoms with E-state index in [4.69, 9.17) is 16.3 Å². The third-order valence-corrected chi connectivity index (χ3v) is 2.70. The standard InChI is InChI=1S/C13H20ClNO/c1-9(2)15-8-11(4)16-12-5-6-13(14)10(3)7-12/h5-7,9,11,15H,8H2,1-4H3. The maximum atomic E-state index is 5.95. The van der Waals surface area contributed by atoms with Gasteiger partial charge in [0.25, 0.3) is 0 Å². The average molecular weight is 242 g/mol. The molecule has 1 N–H and O–H groups in total. The zero-order valence-electron chi connectivity index (χ0n) is 10.4. The molecule has 0 spiro atoms. The number of ether oxygens (including phenoxy) is 1. The molecule has 1 aromatic carbocycles. The number of halogens is 1. The van der Waals surface area contributed by atoms with Gasteiger partial charge in [-0.3, -0.25) is 0 Å². The summed E-state index contributed by atoms with van der Waals surface area (Å²) in [6.45, 7) is 9.13. The normalized spacial score (nSPS) is 12.9. The van der Waals surface area contributed by atoms with Gasteiger partial charge in [0, 0.05) is 17.6 Å². The molecular weight excluding hydrogens is 222 g/mol. The van der Waals surface area contributed by atoms with Crippen molar-refractivity contribution in [2.24, 2.45) is 0 Å². The van der Waals surface area contributed by atoms with Gasteiger partial charge < -0.3 is 10.1 Å². The van der Waals surface area contributed by atoms with E-state index in [1.165, 1.54) is 0 Å². The van der Waals surface area contributed by atoms with Gasteiger partial charge in [0.15, 0.2) is 0 Å². The summed E-state index contributed by atoms with van der Waals surface area (Å²) in [6, 6.07) is 6.22. The number of hydrogen-bond donors (Lipinski definition) is 1. The smallest absolute Gasteiger partial charge is 0.120 e. The second kappa shape index (κ2) is 6.12. The fourth-order valence-electron chi connectivity index (χ4n) is 1.37. The molecule has 0 heterocycles. The lowest BCUT2D eigenvalue weighted by Crippen LogP contribution is -2.33. The van der Waals surface area contributed by atoms with Gasteiger partial charge in [-0.25, -0.2) is 0 Å². The van der Waals surface area contributed by atoms with E-state index in [0.717, 1.165) is 22.9 Å². The average Bonchev–Trinajstić information content (AvgIpc) is 2.21. The van der Waals surface area contributed by atoms with Crippen LogP contribution in [0.3, 0.4) is 0 Å². The zero-order valence-corrected chi connectivity index (χ0v) is 11.1. The minimum atomic E-state index is 0.156. The summed E-state index contributed by atoms with van der Waals surface area (Å²) in [5.74, 6) is 0.875. The summed E-state index contributed by atoms with van der Waals surface area (Å²) < 4.78 is 5.78. The molecule has 0 aliphatic rings. The Morgan fingerprint density at radius 3 is 2.56 bits per heavy atom. The van der Waals surface area contributed by atoms with E-state index in [1.54, 1.807) is 0 Å². The molecule has 2 nitrogen and oxygen atoms in total. The highest BCUT2D eigenvalue weighted by molar-refractivity contribution is 6.31. The molecule has 0 aromatic heterocycles. The number of benzene rings is 1. The number of nitrogens with one attached hydrogen (secondary N) is 1. The third kappa shape index (κ3) is 4.42. The van der Waals surface area contributed by atoms with Crippen LogP contribution >= 0.6 is 11.6 Å². The van der Waals surface area contributed by atoms with Crippen molar-refractivity contribution in [1.82, 2.24) is 5.32 Å². The van der Waals surface area contributed by atoms with Crippen LogP contribution in [-0.2, 0) is 0 Å². The van der Waals surface area contributed by atoms with Gasteiger partial charge in [0.05, 0.1) is 0 Å². The van der Waals surface area contributed by atoms with Crippen molar-refractivity contribution in [3.8, 4) is 5.75 Å². The summed E-state index contributed by atoms with van der Waals surface area (Å²) in [5, 5.41) is 4.12. The first-order valence-corrected chi connectivity index (χ1v) is 6.03. The van der Waals surface area contributed by atoms with Gasteiger partial charge in [-0.1, -0.05) is 25.4 Å². The Labute approximate surface area is 103 Å². The van der Waals surface area contributed by atoms with Crippen molar-refractivity contribution in [2.75, 3.05) is 6.54 Å². The van der Waals surface area contributed by atoms with Crippen molar-refractivity contribution in [1.29, 1.82) is 0 Å². The first kappa shape index (κ1) is 13.3. The van der Waals surface area contributed by atoms with Gasteiger partial charge in [0.1, 0.15) is 11.9 Å². The molecule has 0 saturated heterocycles. The Hall–Kier alpha value is -0.730. The minimum Gasteiger partial charge on any atom is -0.489 e. The van der Waals surface area contributed by atoms with Crippen LogP contribution in [0.1, 0.15) is 26.3 Å². The Kier molecular flexibility index (Phi) is 5.10. The Morgan fingerprint density at radius 1 is 1.31 bits per heavy atom. The molecule has 90 valence electrons. The highest BCUT2D eigenvalue weighted by atomic mass is 35.5. The number of rotatable bonds is 5. The predicted octanol–water partition coefficient (Wildman–Crippen LogP) is 3.41. The van der Waals surface area contributed by atoms with Crippen LogP contribution < -0.4 is 10.1 Å². The van der Waals surface area contributed by atoms with E-state index in [0.29, 0.717) is 6.04 Å². The first-order valence-electron chi connectivity index (χ1n) is 5.65. The molecule has 1 atom stereocenters. The van der Waals surface area contributed by atoms with E-state index in [2.05, 4.69) is 26.1 Å². The summed E-state index contributed by atoms with van der Waals surface area (Å²) in [7, 11) is 0. The quantitative estimate of drug-likeness (QED) is 0.853. The van der Waals surface area contributed by atoms with Gasteiger partial charge in [-0.2, -0.15) is 0 Å². The third-order valence-electron chi connectivity index (χ3n) is 2.28. The van der Waals surface area contributed by atoms with E-state index in [1.807, 2.05) is 25.1 Å². The highest BCUT2D eigenvalue weighted by Crippen LogP contribution is 2.21. The SMILES string of the molecule is Cc1cc(OC(C)CNC(C)C)ccc1Cl. The molecule has 0 amide bonds. The minimum absolute atomic E-state index is 0.156. The van der Waals surface area contributed by atoms with E-state index in [9.17, 15) is 0 Å². The van der Waals surface area contributed by atoms with E-state index in [-0.39, 0.29) is 6.10 Å². The number of aryl methyl sites for hydroxylation is 1. The molecule has 1 unspecified atom stereocenters. The van der Waals surface area contributed by atoms with Crippen LogP contribution in [0, 0.1) is 6.92 Å². The molecule has 0 fully saturated rings. The fraction of sp³-hybridized carbons (Fsp3) is 0.538. The molecule has 16 heavy (non-hydrogen) atoms. The molecule has 0 aliphatic carbocycles. The molecule has 3 heteroatoms. The molecule has 1 rings (SSSR count). The maximum Gasteiger partial charge on any atom is 0.120 e. The van der Waals surface area contributed by atoms with Gasteiger partial charge in [-0.05, 0) is 37.6 Å². The summed E-state index contributed by atoms with van der Waals surface area (Å²) >= 11 is 5.95. The highest BCUT2D eigenvalue weighted by Gasteiger charge is 2.05. The molecule has 0 radical (unpaired) electrons. The van der Waals surface area contributed by atoms with Crippen LogP contribution in [0.4, 0.5) is 0 Å². The van der Waals surface area contributed by atoms with Crippen LogP contribution in [0.2, 0.25) is 5.02 Å². The van der Waals surface area contributed by atoms with Crippen molar-refractivity contribution >= 4 is 11.6 Å². The van der Waals surface area contributed by atoms with Gasteiger partial charge >= 0.3 is 0 Å². The summed E-state index contributed by atoms with van der Waals surface area (Å²) in [6.07, 6.45) is 0.156. The first-order chi connectivity index (χ1) is 7.49. The van der Waals surface area contributed by atoms with Crippen molar-refractivity contribution in [3.63, 3.8) is 0 Å². The maximum absolute atomic E-state index is 5.95. The summed E-state index contributed by atoms with van der Waals surface area (Å²) in [4.78, 5) is 0. The van der Waals surface area contributed by atoms with Crippen LogP contribution in [0.5, 0.6) is 5.75 Å². The van der Waals surface area contributed by atoms with Gasteiger partial charge in [0.2, 0.25) is 0 Å². The zero-order chi connectivity index (χ0) is 12.1. The topological polar surface area (TPSA) is 21.3 Å². The number of hydrogen-bond acceptors (Lipinski definition) is 2. The molecule has 0 saturated carbocycles. The Bertz CT molecular complexity index is 339. The monoisotopic (exact) mass is 241 g/mol. The predicted molar refractivity (Wildman–Crippen MR) is 69.4 cm³/mol. The van der Waals surface area contributed by atoms with E-state index >= 15 is 0 Å². The lowest BCUT2D eigenvalue weighted by molar-refractivity contribution is 0.213. The van der Waals surface area contributed by atoms with Crippen molar-refractivity contribution < 1.29 is 4.74 Å². The van der Waals surface area contributed by atoms with Crippen LogP contribution in [-0.4, -0.2) is 18.7 Å². The molecular formula is C13H20ClNO. The van der Waals surface area contributed by atoms with E-state index < -0.39 is 0 Å². The Morgan fingerprint density at radius 2 is 2.00 bits per heavy atom. The van der Waals surface area contributed by atoms with Gasteiger partial charge in [-0.15, -0.1) is 0 Å². The molecule has 0 bridgehead atoms.